The quantitative estimate of drug-likeness (QED) is 0.654. The summed E-state index contributed by atoms with van der Waals surface area (Å²) in [5.74, 6) is 0.887. The van der Waals surface area contributed by atoms with Crippen LogP contribution in [0.15, 0.2) is 59.5 Å². The maximum atomic E-state index is 13.0. The van der Waals surface area contributed by atoms with E-state index in [1.54, 1.807) is 37.7 Å². The number of rotatable bonds is 5. The lowest BCUT2D eigenvalue weighted by Gasteiger charge is -2.24. The van der Waals surface area contributed by atoms with Crippen LogP contribution in [0.5, 0.6) is 0 Å². The topological polar surface area (TPSA) is 0 Å². The number of hydrogen-bond donors (Lipinski definition) is 0. The third kappa shape index (κ3) is 3.60. The molecule has 0 N–H and O–H groups in total. The zero-order chi connectivity index (χ0) is 14.6. The van der Waals surface area contributed by atoms with Crippen molar-refractivity contribution in [1.29, 1.82) is 0 Å². The van der Waals surface area contributed by atoms with Crippen molar-refractivity contribution in [3.05, 3.63) is 65.7 Å². The molecule has 20 heavy (non-hydrogen) atoms. The molecule has 0 radical (unpaired) electrons. The fourth-order valence-corrected chi connectivity index (χ4v) is 2.70. The monoisotopic (exact) mass is 292 g/mol. The Balaban J connectivity index is 2.02. The maximum absolute atomic E-state index is 13.0. The van der Waals surface area contributed by atoms with E-state index in [-0.39, 0.29) is 0 Å². The minimum Gasteiger partial charge on any atom is -0.210 e. The highest BCUT2D eigenvalue weighted by Crippen LogP contribution is 2.32. The van der Waals surface area contributed by atoms with Gasteiger partial charge in [-0.15, -0.1) is 11.8 Å². The molecule has 0 nitrogen and oxygen atoms in total. The Bertz CT molecular complexity index is 533. The highest BCUT2D eigenvalue weighted by molar-refractivity contribution is 7.98. The molecule has 2 aromatic rings. The van der Waals surface area contributed by atoms with Crippen molar-refractivity contribution in [2.24, 2.45) is 0 Å². The van der Waals surface area contributed by atoms with Gasteiger partial charge < -0.3 is 0 Å². The molecule has 0 aromatic heterocycles. The largest absolute Gasteiger partial charge is 0.247 e. The van der Waals surface area contributed by atoms with Crippen LogP contribution in [0.3, 0.4) is 0 Å². The van der Waals surface area contributed by atoms with Crippen LogP contribution in [0.25, 0.3) is 0 Å². The summed E-state index contributed by atoms with van der Waals surface area (Å²) in [5, 5.41) is 0. The standard InChI is InChI=1S/C17H18F2S/c1-17(2,16(18)19)14-8-10-15(11-9-14)20-12-13-6-4-3-5-7-13/h3-11,16H,12H2,1-2H3. The summed E-state index contributed by atoms with van der Waals surface area (Å²) in [6.07, 6.45) is -2.36. The summed E-state index contributed by atoms with van der Waals surface area (Å²) in [6, 6.07) is 17.7. The van der Waals surface area contributed by atoms with Crippen LogP contribution in [0.4, 0.5) is 8.78 Å². The van der Waals surface area contributed by atoms with Crippen molar-refractivity contribution in [2.75, 3.05) is 0 Å². The second-order valence-corrected chi connectivity index (χ2v) is 6.37. The van der Waals surface area contributed by atoms with Gasteiger partial charge in [0.2, 0.25) is 6.43 Å². The third-order valence-corrected chi connectivity index (χ3v) is 4.48. The van der Waals surface area contributed by atoms with Gasteiger partial charge in [-0.1, -0.05) is 56.3 Å². The molecular weight excluding hydrogens is 274 g/mol. The molecule has 0 aliphatic rings. The number of thioether (sulfide) groups is 1. The second-order valence-electron chi connectivity index (χ2n) is 5.32. The average Bonchev–Trinajstić information content (AvgIpc) is 2.46. The van der Waals surface area contributed by atoms with Gasteiger partial charge in [-0.25, -0.2) is 8.78 Å². The highest BCUT2D eigenvalue weighted by atomic mass is 32.2. The summed E-state index contributed by atoms with van der Waals surface area (Å²) >= 11 is 1.71. The molecule has 0 aliphatic carbocycles. The van der Waals surface area contributed by atoms with Gasteiger partial charge >= 0.3 is 0 Å². The molecule has 0 aliphatic heterocycles. The fraction of sp³-hybridized carbons (Fsp3) is 0.294. The minimum atomic E-state index is -2.36. The Morgan fingerprint density at radius 2 is 1.55 bits per heavy atom. The molecule has 0 unspecified atom stereocenters. The van der Waals surface area contributed by atoms with E-state index in [4.69, 9.17) is 0 Å². The van der Waals surface area contributed by atoms with Crippen molar-refractivity contribution in [1.82, 2.24) is 0 Å². The molecule has 0 heterocycles. The van der Waals surface area contributed by atoms with E-state index in [0.717, 1.165) is 10.6 Å². The predicted octanol–water partition coefficient (Wildman–Crippen LogP) is 5.52. The van der Waals surface area contributed by atoms with Gasteiger partial charge in [0, 0.05) is 10.6 Å². The first-order valence-electron chi connectivity index (χ1n) is 6.55. The molecule has 0 bridgehead atoms. The van der Waals surface area contributed by atoms with Crippen LogP contribution in [-0.4, -0.2) is 6.43 Å². The van der Waals surface area contributed by atoms with Crippen LogP contribution in [0, 0.1) is 0 Å². The normalized spacial score (nSPS) is 11.8. The zero-order valence-electron chi connectivity index (χ0n) is 11.6. The zero-order valence-corrected chi connectivity index (χ0v) is 12.5. The van der Waals surface area contributed by atoms with Crippen molar-refractivity contribution in [2.45, 2.75) is 36.3 Å². The molecule has 3 heteroatoms. The lowest BCUT2D eigenvalue weighted by atomic mass is 9.85. The Hall–Kier alpha value is -1.35. The Morgan fingerprint density at radius 3 is 2.10 bits per heavy atom. The van der Waals surface area contributed by atoms with Gasteiger partial charge in [-0.3, -0.25) is 0 Å². The Morgan fingerprint density at radius 1 is 0.950 bits per heavy atom. The van der Waals surface area contributed by atoms with Crippen LogP contribution < -0.4 is 0 Å². The number of benzene rings is 2. The number of hydrogen-bond acceptors (Lipinski definition) is 1. The van der Waals surface area contributed by atoms with Gasteiger partial charge in [0.05, 0.1) is 5.41 Å². The average molecular weight is 292 g/mol. The summed E-state index contributed by atoms with van der Waals surface area (Å²) in [4.78, 5) is 1.10. The molecule has 0 fully saturated rings. The molecule has 2 aromatic carbocycles. The SMILES string of the molecule is CC(C)(c1ccc(SCc2ccccc2)cc1)C(F)F. The van der Waals surface area contributed by atoms with Gasteiger partial charge in [0.15, 0.2) is 0 Å². The number of alkyl halides is 2. The van der Waals surface area contributed by atoms with Gasteiger partial charge in [-0.2, -0.15) is 0 Å². The fourth-order valence-electron chi connectivity index (χ4n) is 1.85. The smallest absolute Gasteiger partial charge is 0.210 e. The van der Waals surface area contributed by atoms with E-state index < -0.39 is 11.8 Å². The Labute approximate surface area is 123 Å². The molecule has 106 valence electrons. The first kappa shape index (κ1) is 15.0. The van der Waals surface area contributed by atoms with Gasteiger partial charge in [0.1, 0.15) is 0 Å². The lowest BCUT2D eigenvalue weighted by molar-refractivity contribution is 0.0694. The van der Waals surface area contributed by atoms with Crippen molar-refractivity contribution in [3.63, 3.8) is 0 Å². The second kappa shape index (κ2) is 6.40. The van der Waals surface area contributed by atoms with E-state index in [0.29, 0.717) is 5.56 Å². The van der Waals surface area contributed by atoms with E-state index in [2.05, 4.69) is 12.1 Å². The van der Waals surface area contributed by atoms with E-state index >= 15 is 0 Å². The molecule has 0 amide bonds. The van der Waals surface area contributed by atoms with E-state index in [1.165, 1.54) is 5.56 Å². The van der Waals surface area contributed by atoms with E-state index in [9.17, 15) is 8.78 Å². The van der Waals surface area contributed by atoms with Crippen LogP contribution >= 0.6 is 11.8 Å². The molecule has 0 atom stereocenters. The summed E-state index contributed by atoms with van der Waals surface area (Å²) in [5.41, 5.74) is 0.842. The summed E-state index contributed by atoms with van der Waals surface area (Å²) < 4.78 is 25.9. The lowest BCUT2D eigenvalue weighted by Crippen LogP contribution is -2.26. The van der Waals surface area contributed by atoms with Crippen molar-refractivity contribution < 1.29 is 8.78 Å². The molecule has 2 rings (SSSR count). The van der Waals surface area contributed by atoms with Crippen molar-refractivity contribution in [3.8, 4) is 0 Å². The summed E-state index contributed by atoms with van der Waals surface area (Å²) in [7, 11) is 0. The highest BCUT2D eigenvalue weighted by Gasteiger charge is 2.31. The molecule has 0 saturated carbocycles. The van der Waals surface area contributed by atoms with Gasteiger partial charge in [0.25, 0.3) is 0 Å². The summed E-state index contributed by atoms with van der Waals surface area (Å²) in [6.45, 7) is 3.15. The van der Waals surface area contributed by atoms with Crippen molar-refractivity contribution >= 4 is 11.8 Å². The van der Waals surface area contributed by atoms with Gasteiger partial charge in [-0.05, 0) is 23.3 Å². The van der Waals surface area contributed by atoms with Crippen LogP contribution in [0.1, 0.15) is 25.0 Å². The third-order valence-electron chi connectivity index (χ3n) is 3.39. The molecule has 0 saturated heterocycles. The van der Waals surface area contributed by atoms with E-state index in [1.807, 2.05) is 30.3 Å². The molecular formula is C17H18F2S. The maximum Gasteiger partial charge on any atom is 0.247 e. The first-order chi connectivity index (χ1) is 9.50. The molecule has 0 spiro atoms. The first-order valence-corrected chi connectivity index (χ1v) is 7.54. The van der Waals surface area contributed by atoms with Crippen LogP contribution in [0.2, 0.25) is 0 Å². The predicted molar refractivity (Wildman–Crippen MR) is 81.5 cm³/mol. The number of halogens is 2. The van der Waals surface area contributed by atoms with Crippen LogP contribution in [-0.2, 0) is 11.2 Å². The Kier molecular flexibility index (Phi) is 4.81. The minimum absolute atomic E-state index is 0.677.